The molecule has 5 heteroatoms. The molecule has 0 saturated carbocycles. The number of nitrogens with one attached hydrogen (secondary N) is 1. The third kappa shape index (κ3) is 4.10. The Morgan fingerprint density at radius 2 is 1.80 bits per heavy atom. The Labute approximate surface area is 91.2 Å². The summed E-state index contributed by atoms with van der Waals surface area (Å²) in [6, 6.07) is 5.63. The highest BCUT2D eigenvalue weighted by Crippen LogP contribution is 2.29. The number of halogens is 4. The van der Waals surface area contributed by atoms with E-state index in [4.69, 9.17) is 11.6 Å². The minimum Gasteiger partial charge on any atom is -0.313 e. The molecule has 1 aromatic carbocycles. The molecule has 0 aliphatic carbocycles. The van der Waals surface area contributed by atoms with Crippen molar-refractivity contribution in [2.45, 2.75) is 18.6 Å². The standard InChI is InChI=1S/C10H11ClF3N/c1-15-9(6-10(12,13)14)7-2-4-8(11)5-3-7/h2-5,9,15H,6H2,1H3. The van der Waals surface area contributed by atoms with Crippen molar-refractivity contribution in [3.8, 4) is 0 Å². The first-order valence-electron chi connectivity index (χ1n) is 4.42. The Bertz CT molecular complexity index is 307. The first-order chi connectivity index (χ1) is 6.92. The molecule has 1 rings (SSSR count). The number of alkyl halides is 3. The third-order valence-corrected chi connectivity index (χ3v) is 2.31. The highest BCUT2D eigenvalue weighted by atomic mass is 35.5. The summed E-state index contributed by atoms with van der Waals surface area (Å²) in [5.41, 5.74) is 0.583. The first kappa shape index (κ1) is 12.3. The lowest BCUT2D eigenvalue weighted by Crippen LogP contribution is -2.23. The fourth-order valence-electron chi connectivity index (χ4n) is 1.31. The Morgan fingerprint density at radius 1 is 1.27 bits per heavy atom. The van der Waals surface area contributed by atoms with Crippen molar-refractivity contribution in [2.75, 3.05) is 7.05 Å². The van der Waals surface area contributed by atoms with Crippen LogP contribution in [0.4, 0.5) is 13.2 Å². The zero-order chi connectivity index (χ0) is 11.5. The molecule has 84 valence electrons. The van der Waals surface area contributed by atoms with Gasteiger partial charge in [-0.25, -0.2) is 0 Å². The molecule has 1 nitrogen and oxygen atoms in total. The van der Waals surface area contributed by atoms with Crippen molar-refractivity contribution in [3.05, 3.63) is 34.9 Å². The Kier molecular flexibility index (Phi) is 3.99. The second-order valence-electron chi connectivity index (χ2n) is 3.21. The van der Waals surface area contributed by atoms with Gasteiger partial charge in [0.05, 0.1) is 6.42 Å². The maximum absolute atomic E-state index is 12.2. The van der Waals surface area contributed by atoms with Gasteiger partial charge in [-0.1, -0.05) is 23.7 Å². The average Bonchev–Trinajstić information content (AvgIpc) is 2.14. The topological polar surface area (TPSA) is 12.0 Å². The summed E-state index contributed by atoms with van der Waals surface area (Å²) in [5, 5.41) is 3.15. The van der Waals surface area contributed by atoms with Crippen molar-refractivity contribution >= 4 is 11.6 Å². The van der Waals surface area contributed by atoms with Crippen LogP contribution in [0.25, 0.3) is 0 Å². The summed E-state index contributed by atoms with van der Waals surface area (Å²) >= 11 is 5.65. The second-order valence-corrected chi connectivity index (χ2v) is 3.65. The van der Waals surface area contributed by atoms with Crippen LogP contribution >= 0.6 is 11.6 Å². The van der Waals surface area contributed by atoms with Gasteiger partial charge in [0.15, 0.2) is 0 Å². The van der Waals surface area contributed by atoms with E-state index in [1.165, 1.54) is 7.05 Å². The van der Waals surface area contributed by atoms with Crippen LogP contribution in [0.3, 0.4) is 0 Å². The maximum Gasteiger partial charge on any atom is 0.390 e. The molecule has 0 heterocycles. The zero-order valence-corrected chi connectivity index (χ0v) is 8.86. The average molecular weight is 238 g/mol. The molecule has 1 aromatic rings. The van der Waals surface area contributed by atoms with E-state index in [9.17, 15) is 13.2 Å². The van der Waals surface area contributed by atoms with E-state index in [1.807, 2.05) is 0 Å². The van der Waals surface area contributed by atoms with E-state index >= 15 is 0 Å². The van der Waals surface area contributed by atoms with Gasteiger partial charge in [-0.3, -0.25) is 0 Å². The van der Waals surface area contributed by atoms with Crippen LogP contribution in [0.2, 0.25) is 5.02 Å². The van der Waals surface area contributed by atoms with Crippen LogP contribution in [0.15, 0.2) is 24.3 Å². The molecule has 0 saturated heterocycles. The lowest BCUT2D eigenvalue weighted by Gasteiger charge is -2.18. The fourth-order valence-corrected chi connectivity index (χ4v) is 1.44. The van der Waals surface area contributed by atoms with Gasteiger partial charge in [-0.05, 0) is 24.7 Å². The molecule has 1 unspecified atom stereocenters. The van der Waals surface area contributed by atoms with E-state index < -0.39 is 18.6 Å². The number of hydrogen-bond donors (Lipinski definition) is 1. The predicted molar refractivity (Wildman–Crippen MR) is 53.9 cm³/mol. The lowest BCUT2D eigenvalue weighted by molar-refractivity contribution is -0.140. The lowest BCUT2D eigenvalue weighted by atomic mass is 10.0. The van der Waals surface area contributed by atoms with Gasteiger partial charge in [0.25, 0.3) is 0 Å². The van der Waals surface area contributed by atoms with Gasteiger partial charge >= 0.3 is 6.18 Å². The van der Waals surface area contributed by atoms with E-state index in [-0.39, 0.29) is 0 Å². The van der Waals surface area contributed by atoms with E-state index in [0.29, 0.717) is 10.6 Å². The van der Waals surface area contributed by atoms with Crippen molar-refractivity contribution in [1.29, 1.82) is 0 Å². The summed E-state index contributed by atoms with van der Waals surface area (Å²) in [5.74, 6) is 0. The second kappa shape index (κ2) is 4.86. The largest absolute Gasteiger partial charge is 0.390 e. The Hall–Kier alpha value is -0.740. The van der Waals surface area contributed by atoms with Crippen LogP contribution in [0.1, 0.15) is 18.0 Å². The molecule has 0 radical (unpaired) electrons. The van der Waals surface area contributed by atoms with E-state index in [0.717, 1.165) is 0 Å². The highest BCUT2D eigenvalue weighted by molar-refractivity contribution is 6.30. The molecule has 0 bridgehead atoms. The SMILES string of the molecule is CNC(CC(F)(F)F)c1ccc(Cl)cc1. The molecule has 0 aromatic heterocycles. The van der Waals surface area contributed by atoms with Gasteiger partial charge in [0.2, 0.25) is 0 Å². The number of rotatable bonds is 3. The Balaban J connectivity index is 2.79. The van der Waals surface area contributed by atoms with Crippen LogP contribution in [0, 0.1) is 0 Å². The summed E-state index contributed by atoms with van der Waals surface area (Å²) in [6.45, 7) is 0. The molecule has 1 N–H and O–H groups in total. The molecule has 0 amide bonds. The highest BCUT2D eigenvalue weighted by Gasteiger charge is 2.31. The van der Waals surface area contributed by atoms with Gasteiger partial charge in [-0.15, -0.1) is 0 Å². The predicted octanol–water partition coefficient (Wildman–Crippen LogP) is 3.55. The van der Waals surface area contributed by atoms with Gasteiger partial charge in [-0.2, -0.15) is 13.2 Å². The number of hydrogen-bond acceptors (Lipinski definition) is 1. The van der Waals surface area contributed by atoms with Gasteiger partial charge < -0.3 is 5.32 Å². The molecule has 0 spiro atoms. The van der Waals surface area contributed by atoms with Gasteiger partial charge in [0, 0.05) is 11.1 Å². The smallest absolute Gasteiger partial charge is 0.313 e. The normalized spacial score (nSPS) is 13.9. The Morgan fingerprint density at radius 3 is 2.20 bits per heavy atom. The fraction of sp³-hybridized carbons (Fsp3) is 0.400. The quantitative estimate of drug-likeness (QED) is 0.848. The van der Waals surface area contributed by atoms with Crippen molar-refractivity contribution in [2.24, 2.45) is 0 Å². The zero-order valence-electron chi connectivity index (χ0n) is 8.11. The van der Waals surface area contributed by atoms with Crippen molar-refractivity contribution in [3.63, 3.8) is 0 Å². The van der Waals surface area contributed by atoms with Crippen molar-refractivity contribution < 1.29 is 13.2 Å². The van der Waals surface area contributed by atoms with Crippen LogP contribution in [-0.2, 0) is 0 Å². The molecular formula is C10H11ClF3N. The van der Waals surface area contributed by atoms with Crippen molar-refractivity contribution in [1.82, 2.24) is 5.32 Å². The first-order valence-corrected chi connectivity index (χ1v) is 4.79. The maximum atomic E-state index is 12.2. The molecule has 0 aliphatic rings. The summed E-state index contributed by atoms with van der Waals surface area (Å²) in [7, 11) is 1.50. The molecule has 1 atom stereocenters. The molecule has 0 aliphatic heterocycles. The number of benzene rings is 1. The molecule has 0 fully saturated rings. The third-order valence-electron chi connectivity index (χ3n) is 2.06. The summed E-state index contributed by atoms with van der Waals surface area (Å²) < 4.78 is 36.6. The minimum absolute atomic E-state index is 0.514. The summed E-state index contributed by atoms with van der Waals surface area (Å²) in [6.07, 6.45) is -5.06. The van der Waals surface area contributed by atoms with Crippen LogP contribution in [-0.4, -0.2) is 13.2 Å². The van der Waals surface area contributed by atoms with E-state index in [1.54, 1.807) is 24.3 Å². The van der Waals surface area contributed by atoms with E-state index in [2.05, 4.69) is 5.32 Å². The van der Waals surface area contributed by atoms with Crippen LogP contribution < -0.4 is 5.32 Å². The minimum atomic E-state index is -4.17. The monoisotopic (exact) mass is 237 g/mol. The molecular weight excluding hydrogens is 227 g/mol. The van der Waals surface area contributed by atoms with Gasteiger partial charge in [0.1, 0.15) is 0 Å². The molecule has 15 heavy (non-hydrogen) atoms. The summed E-state index contributed by atoms with van der Waals surface area (Å²) in [4.78, 5) is 0. The van der Waals surface area contributed by atoms with Crippen LogP contribution in [0.5, 0.6) is 0 Å².